The maximum Gasteiger partial charge on any atom is 0.323 e. The van der Waals surface area contributed by atoms with Crippen LogP contribution in [0.15, 0.2) is 28.7 Å². The summed E-state index contributed by atoms with van der Waals surface area (Å²) in [6, 6.07) is 6.74. The van der Waals surface area contributed by atoms with Gasteiger partial charge in [-0.25, -0.2) is 0 Å². The smallest absolute Gasteiger partial charge is 0.323 e. The second kappa shape index (κ2) is 5.61. The number of carbonyl (C=O) groups is 2. The summed E-state index contributed by atoms with van der Waals surface area (Å²) in [4.78, 5) is 22.7. The van der Waals surface area contributed by atoms with Crippen molar-refractivity contribution in [3.63, 3.8) is 0 Å². The number of hydrogen-bond acceptors (Lipinski definition) is 4. The van der Waals surface area contributed by atoms with Crippen molar-refractivity contribution in [3.05, 3.63) is 34.3 Å². The molecule has 0 saturated heterocycles. The molecular formula is C14H12BrNO5. The van der Waals surface area contributed by atoms with Crippen LogP contribution in [0.2, 0.25) is 0 Å². The number of nitrogens with zero attached hydrogens (tertiary/aromatic N) is 1. The number of ketones is 1. The average molecular weight is 354 g/mol. The number of Topliss-reactive ketones (excluding diaryl/α,β-unsaturated/α-hetero) is 1. The van der Waals surface area contributed by atoms with Crippen LogP contribution in [0, 0.1) is 0 Å². The van der Waals surface area contributed by atoms with Crippen LogP contribution in [0.25, 0.3) is 11.3 Å². The Morgan fingerprint density at radius 3 is 2.24 bits per heavy atom. The summed E-state index contributed by atoms with van der Waals surface area (Å²) in [6.07, 6.45) is 0. The molecule has 7 heteroatoms. The van der Waals surface area contributed by atoms with Crippen molar-refractivity contribution in [2.24, 2.45) is 0 Å². The molecule has 0 fully saturated rings. The molecule has 0 aliphatic rings. The number of hydrogen-bond donors (Lipinski definition) is 3. The molecule has 0 unspecified atom stereocenters. The Hall–Kier alpha value is -2.28. The number of aliphatic carboxylic acids is 1. The van der Waals surface area contributed by atoms with Crippen molar-refractivity contribution in [3.8, 4) is 22.9 Å². The first-order chi connectivity index (χ1) is 9.82. The molecule has 21 heavy (non-hydrogen) atoms. The lowest BCUT2D eigenvalue weighted by Crippen LogP contribution is -2.10. The van der Waals surface area contributed by atoms with Crippen molar-refractivity contribution in [1.82, 2.24) is 4.57 Å². The van der Waals surface area contributed by atoms with E-state index in [1.165, 1.54) is 6.92 Å². The van der Waals surface area contributed by atoms with E-state index in [1.807, 2.05) is 0 Å². The molecule has 0 amide bonds. The summed E-state index contributed by atoms with van der Waals surface area (Å²) in [7, 11) is 0. The van der Waals surface area contributed by atoms with Gasteiger partial charge in [0.1, 0.15) is 6.54 Å². The molecule has 0 radical (unpaired) electrons. The molecule has 0 aliphatic carbocycles. The molecule has 0 bridgehead atoms. The predicted octanol–water partition coefficient (Wildman–Crippen LogP) is 2.62. The molecule has 2 aromatic rings. The lowest BCUT2D eigenvalue weighted by molar-refractivity contribution is -0.137. The van der Waals surface area contributed by atoms with Gasteiger partial charge in [-0.05, 0) is 24.6 Å². The number of rotatable bonds is 4. The molecule has 1 aromatic heterocycles. The minimum absolute atomic E-state index is 0.101. The average Bonchev–Trinajstić information content (AvgIpc) is 2.64. The van der Waals surface area contributed by atoms with Gasteiger partial charge in [0.15, 0.2) is 11.5 Å². The zero-order chi connectivity index (χ0) is 15.7. The molecule has 110 valence electrons. The van der Waals surface area contributed by atoms with Crippen LogP contribution in [-0.4, -0.2) is 31.6 Å². The Kier molecular flexibility index (Phi) is 4.04. The molecule has 2 rings (SSSR count). The van der Waals surface area contributed by atoms with E-state index in [1.54, 1.807) is 24.3 Å². The summed E-state index contributed by atoms with van der Waals surface area (Å²) in [5, 5.41) is 28.7. The molecule has 3 N–H and O–H groups in total. The van der Waals surface area contributed by atoms with E-state index in [9.17, 15) is 19.8 Å². The van der Waals surface area contributed by atoms with E-state index in [0.29, 0.717) is 5.56 Å². The summed E-state index contributed by atoms with van der Waals surface area (Å²) in [5.41, 5.74) is 0.587. The van der Waals surface area contributed by atoms with Crippen molar-refractivity contribution in [1.29, 1.82) is 0 Å². The van der Waals surface area contributed by atoms with Gasteiger partial charge in [-0.3, -0.25) is 14.2 Å². The lowest BCUT2D eigenvalue weighted by atomic mass is 10.0. The van der Waals surface area contributed by atoms with Gasteiger partial charge < -0.3 is 15.3 Å². The third-order valence-electron chi connectivity index (χ3n) is 2.97. The molecular weight excluding hydrogens is 342 g/mol. The number of carboxylic acids is 1. The van der Waals surface area contributed by atoms with Crippen LogP contribution < -0.4 is 0 Å². The van der Waals surface area contributed by atoms with E-state index in [2.05, 4.69) is 15.9 Å². The van der Waals surface area contributed by atoms with Crippen LogP contribution >= 0.6 is 15.9 Å². The van der Waals surface area contributed by atoms with E-state index < -0.39 is 29.9 Å². The molecule has 1 aromatic carbocycles. The highest BCUT2D eigenvalue weighted by molar-refractivity contribution is 9.10. The summed E-state index contributed by atoms with van der Waals surface area (Å²) in [5.74, 6) is -2.92. The molecule has 1 heterocycles. The molecule has 6 nitrogen and oxygen atoms in total. The van der Waals surface area contributed by atoms with Crippen LogP contribution in [0.3, 0.4) is 0 Å². The van der Waals surface area contributed by atoms with Crippen molar-refractivity contribution in [2.75, 3.05) is 0 Å². The largest absolute Gasteiger partial charge is 0.503 e. The minimum atomic E-state index is -1.20. The number of benzene rings is 1. The van der Waals surface area contributed by atoms with E-state index >= 15 is 0 Å². The van der Waals surface area contributed by atoms with Crippen LogP contribution in [-0.2, 0) is 11.3 Å². The number of halogens is 1. The third-order valence-corrected chi connectivity index (χ3v) is 3.50. The van der Waals surface area contributed by atoms with Gasteiger partial charge in [0.2, 0.25) is 5.88 Å². The first-order valence-corrected chi connectivity index (χ1v) is 6.75. The Labute approximate surface area is 128 Å². The van der Waals surface area contributed by atoms with Crippen LogP contribution in [0.4, 0.5) is 0 Å². The van der Waals surface area contributed by atoms with Gasteiger partial charge in [0.25, 0.3) is 0 Å². The Morgan fingerprint density at radius 1 is 1.19 bits per heavy atom. The normalized spacial score (nSPS) is 10.6. The first-order valence-electron chi connectivity index (χ1n) is 5.96. The van der Waals surface area contributed by atoms with Gasteiger partial charge in [-0.2, -0.15) is 0 Å². The first kappa shape index (κ1) is 15.1. The number of aromatic nitrogens is 1. The fraction of sp³-hybridized carbons (Fsp3) is 0.143. The monoisotopic (exact) mass is 353 g/mol. The second-order valence-corrected chi connectivity index (χ2v) is 5.35. The van der Waals surface area contributed by atoms with Crippen LogP contribution in [0.1, 0.15) is 17.3 Å². The number of carbonyl (C=O) groups excluding carboxylic acids is 1. The van der Waals surface area contributed by atoms with Gasteiger partial charge in [-0.1, -0.05) is 28.1 Å². The van der Waals surface area contributed by atoms with Crippen molar-refractivity contribution < 1.29 is 24.9 Å². The summed E-state index contributed by atoms with van der Waals surface area (Å²) in [6.45, 7) is 0.667. The highest BCUT2D eigenvalue weighted by atomic mass is 79.9. The van der Waals surface area contributed by atoms with E-state index in [4.69, 9.17) is 5.11 Å². The Morgan fingerprint density at radius 2 is 1.76 bits per heavy atom. The zero-order valence-electron chi connectivity index (χ0n) is 11.0. The molecule has 0 atom stereocenters. The standard InChI is InChI=1S/C14H12BrNO5/c1-7(17)11-12(8-2-4-9(15)5-3-8)16(6-10(18)19)14(21)13(11)20/h2-5,20-21H,6H2,1H3,(H,18,19). The highest BCUT2D eigenvalue weighted by Crippen LogP contribution is 2.41. The summed E-state index contributed by atoms with van der Waals surface area (Å²) >= 11 is 3.28. The van der Waals surface area contributed by atoms with Gasteiger partial charge in [0, 0.05) is 4.47 Å². The number of carboxylic acid groups (broad SMARTS) is 1. The second-order valence-electron chi connectivity index (χ2n) is 4.44. The predicted molar refractivity (Wildman–Crippen MR) is 78.5 cm³/mol. The van der Waals surface area contributed by atoms with E-state index in [0.717, 1.165) is 9.04 Å². The maximum atomic E-state index is 11.7. The highest BCUT2D eigenvalue weighted by Gasteiger charge is 2.27. The van der Waals surface area contributed by atoms with Gasteiger partial charge >= 0.3 is 5.97 Å². The molecule has 0 spiro atoms. The lowest BCUT2D eigenvalue weighted by Gasteiger charge is -2.09. The minimum Gasteiger partial charge on any atom is -0.503 e. The topological polar surface area (TPSA) is 99.8 Å². The molecule has 0 aliphatic heterocycles. The van der Waals surface area contributed by atoms with E-state index in [-0.39, 0.29) is 11.3 Å². The fourth-order valence-electron chi connectivity index (χ4n) is 2.12. The Bertz CT molecular complexity index is 718. The van der Waals surface area contributed by atoms with Crippen LogP contribution in [0.5, 0.6) is 11.6 Å². The zero-order valence-corrected chi connectivity index (χ0v) is 12.6. The maximum absolute atomic E-state index is 11.7. The molecule has 0 saturated carbocycles. The van der Waals surface area contributed by atoms with Gasteiger partial charge in [-0.15, -0.1) is 0 Å². The Balaban J connectivity index is 2.76. The third kappa shape index (κ3) is 2.78. The quantitative estimate of drug-likeness (QED) is 0.733. The SMILES string of the molecule is CC(=O)c1c(O)c(O)n(CC(=O)O)c1-c1ccc(Br)cc1. The van der Waals surface area contributed by atoms with Gasteiger partial charge in [0.05, 0.1) is 11.3 Å². The fourth-order valence-corrected chi connectivity index (χ4v) is 2.39. The van der Waals surface area contributed by atoms with Crippen molar-refractivity contribution in [2.45, 2.75) is 13.5 Å². The summed E-state index contributed by atoms with van der Waals surface area (Å²) < 4.78 is 1.80. The van der Waals surface area contributed by atoms with Crippen molar-refractivity contribution >= 4 is 27.7 Å². The number of aromatic hydroxyl groups is 2.